The molecule has 0 spiro atoms. The molecule has 1 saturated heterocycles. The number of aliphatic hydroxyl groups is 1. The molecule has 7 heteroatoms. The second kappa shape index (κ2) is 9.91. The van der Waals surface area contributed by atoms with Gasteiger partial charge in [-0.25, -0.2) is 0 Å². The van der Waals surface area contributed by atoms with Crippen LogP contribution in [-0.2, 0) is 19.9 Å². The van der Waals surface area contributed by atoms with Gasteiger partial charge < -0.3 is 20.5 Å². The van der Waals surface area contributed by atoms with E-state index in [0.717, 1.165) is 10.5 Å². The summed E-state index contributed by atoms with van der Waals surface area (Å²) in [7, 11) is 0. The number of carbonyl (C=O) groups excluding carboxylic acids is 2. The van der Waals surface area contributed by atoms with Crippen molar-refractivity contribution in [3.8, 4) is 0 Å². The van der Waals surface area contributed by atoms with Crippen molar-refractivity contribution in [1.29, 1.82) is 0 Å². The molecule has 154 valence electrons. The quantitative estimate of drug-likeness (QED) is 0.500. The van der Waals surface area contributed by atoms with Crippen LogP contribution in [0.3, 0.4) is 0 Å². The molecule has 0 aromatic heterocycles. The van der Waals surface area contributed by atoms with Gasteiger partial charge in [0, 0.05) is 18.1 Å². The van der Waals surface area contributed by atoms with Gasteiger partial charge in [-0.3, -0.25) is 9.59 Å². The Balaban J connectivity index is 1.70. The smallest absolute Gasteiger partial charge is 0.313 e. The molecule has 0 aliphatic carbocycles. The first-order valence-corrected chi connectivity index (χ1v) is 10.8. The number of nitrogens with one attached hydrogen (secondary N) is 2. The Morgan fingerprint density at radius 1 is 1.07 bits per heavy atom. The van der Waals surface area contributed by atoms with Crippen LogP contribution in [0.15, 0.2) is 59.5 Å². The Kier molecular flexibility index (Phi) is 7.30. The molecule has 2 aromatic carbocycles. The van der Waals surface area contributed by atoms with Crippen molar-refractivity contribution in [3.05, 3.63) is 60.2 Å². The molecule has 0 saturated carbocycles. The van der Waals surface area contributed by atoms with Crippen LogP contribution in [-0.4, -0.2) is 42.9 Å². The summed E-state index contributed by atoms with van der Waals surface area (Å²) in [6, 6.07) is 16.6. The van der Waals surface area contributed by atoms with Crippen molar-refractivity contribution < 1.29 is 19.4 Å². The molecule has 1 unspecified atom stereocenters. The third kappa shape index (κ3) is 5.18. The van der Waals surface area contributed by atoms with Crippen molar-refractivity contribution in [2.45, 2.75) is 23.3 Å². The van der Waals surface area contributed by atoms with Crippen molar-refractivity contribution >= 4 is 29.3 Å². The number of para-hydroxylation sites is 1. The summed E-state index contributed by atoms with van der Waals surface area (Å²) in [5.74, 6) is -1.60. The largest absolute Gasteiger partial charge is 0.383 e. The van der Waals surface area contributed by atoms with E-state index in [1.54, 1.807) is 12.1 Å². The molecule has 3 N–H and O–H groups in total. The van der Waals surface area contributed by atoms with E-state index in [1.165, 1.54) is 11.8 Å². The van der Waals surface area contributed by atoms with Gasteiger partial charge in [0.05, 0.1) is 12.2 Å². The lowest BCUT2D eigenvalue weighted by atomic mass is 9.77. The molecule has 29 heavy (non-hydrogen) atoms. The average molecular weight is 415 g/mol. The highest BCUT2D eigenvalue weighted by Crippen LogP contribution is 2.35. The molecule has 2 amide bonds. The third-order valence-corrected chi connectivity index (χ3v) is 6.05. The van der Waals surface area contributed by atoms with Crippen molar-refractivity contribution in [2.75, 3.05) is 31.3 Å². The second-order valence-electron chi connectivity index (χ2n) is 7.01. The topological polar surface area (TPSA) is 87.7 Å². The number of hydrogen-bond acceptors (Lipinski definition) is 5. The highest BCUT2D eigenvalue weighted by Gasteiger charge is 2.39. The number of carbonyl (C=O) groups is 2. The number of rotatable bonds is 6. The van der Waals surface area contributed by atoms with E-state index < -0.39 is 17.4 Å². The molecule has 6 nitrogen and oxygen atoms in total. The predicted molar refractivity (Wildman–Crippen MR) is 114 cm³/mol. The van der Waals surface area contributed by atoms with E-state index in [1.807, 2.05) is 48.7 Å². The van der Waals surface area contributed by atoms with Gasteiger partial charge in [-0.2, -0.15) is 0 Å². The Morgan fingerprint density at radius 2 is 1.72 bits per heavy atom. The number of benzene rings is 2. The van der Waals surface area contributed by atoms with Gasteiger partial charge in [0.2, 0.25) is 0 Å². The second-order valence-corrected chi connectivity index (χ2v) is 7.86. The first-order chi connectivity index (χ1) is 14.0. The summed E-state index contributed by atoms with van der Waals surface area (Å²) in [5.41, 5.74) is 0.0428. The number of hydrogen-bond donors (Lipinski definition) is 3. The maximum absolute atomic E-state index is 12.4. The van der Waals surface area contributed by atoms with Gasteiger partial charge in [-0.1, -0.05) is 42.5 Å². The maximum Gasteiger partial charge on any atom is 0.313 e. The minimum atomic E-state index is -1.27. The summed E-state index contributed by atoms with van der Waals surface area (Å²) < 4.78 is 5.42. The van der Waals surface area contributed by atoms with Crippen LogP contribution in [0.5, 0.6) is 0 Å². The molecule has 0 radical (unpaired) electrons. The Labute approximate surface area is 175 Å². The Morgan fingerprint density at radius 3 is 2.41 bits per heavy atom. The van der Waals surface area contributed by atoms with Crippen LogP contribution in [0.25, 0.3) is 0 Å². The lowest BCUT2D eigenvalue weighted by molar-refractivity contribution is -0.137. The lowest BCUT2D eigenvalue weighted by Gasteiger charge is -2.39. The monoisotopic (exact) mass is 414 g/mol. The average Bonchev–Trinajstić information content (AvgIpc) is 2.78. The molecule has 1 aliphatic rings. The van der Waals surface area contributed by atoms with Crippen LogP contribution in [0, 0.1) is 5.92 Å². The van der Waals surface area contributed by atoms with Crippen LogP contribution in [0.4, 0.5) is 5.69 Å². The molecule has 3 rings (SSSR count). The fraction of sp³-hybridized carbons (Fsp3) is 0.364. The van der Waals surface area contributed by atoms with Gasteiger partial charge >= 0.3 is 11.8 Å². The van der Waals surface area contributed by atoms with Gasteiger partial charge in [0.15, 0.2) is 0 Å². The molecular weight excluding hydrogens is 388 g/mol. The van der Waals surface area contributed by atoms with Gasteiger partial charge in [-0.05, 0) is 42.7 Å². The molecular formula is C22H26N2O4S. The van der Waals surface area contributed by atoms with Crippen molar-refractivity contribution in [3.63, 3.8) is 0 Å². The molecule has 1 atom stereocenters. The van der Waals surface area contributed by atoms with E-state index in [0.29, 0.717) is 31.7 Å². The number of ether oxygens (including phenoxy) is 1. The van der Waals surface area contributed by atoms with Crippen molar-refractivity contribution in [1.82, 2.24) is 5.32 Å². The van der Waals surface area contributed by atoms with E-state index >= 15 is 0 Å². The van der Waals surface area contributed by atoms with E-state index in [2.05, 4.69) is 10.6 Å². The van der Waals surface area contributed by atoms with Crippen LogP contribution in [0.2, 0.25) is 0 Å². The van der Waals surface area contributed by atoms with E-state index in [9.17, 15) is 14.7 Å². The van der Waals surface area contributed by atoms with Crippen LogP contribution >= 0.6 is 11.8 Å². The standard InChI is InChI=1S/C22H26N2O4S/c1-29-19-10-6-5-9-18(19)24-21(26)20(25)23-15-22(27,16-7-3-2-4-8-16)17-11-13-28-14-12-17/h2-10,17,27H,11-15H2,1H3,(H,23,25)(H,24,26). The Bertz CT molecular complexity index is 840. The highest BCUT2D eigenvalue weighted by molar-refractivity contribution is 7.98. The number of thioether (sulfide) groups is 1. The first kappa shape index (κ1) is 21.4. The summed E-state index contributed by atoms with van der Waals surface area (Å²) in [6.07, 6.45) is 3.28. The summed E-state index contributed by atoms with van der Waals surface area (Å²) in [6.45, 7) is 1.09. The molecule has 1 aliphatic heterocycles. The number of anilines is 1. The zero-order valence-electron chi connectivity index (χ0n) is 16.4. The fourth-order valence-corrected chi connectivity index (χ4v) is 4.16. The normalized spacial score (nSPS) is 16.6. The summed E-state index contributed by atoms with van der Waals surface area (Å²) in [4.78, 5) is 25.7. The zero-order chi connectivity index (χ0) is 20.7. The maximum atomic E-state index is 12.4. The van der Waals surface area contributed by atoms with E-state index in [4.69, 9.17) is 4.74 Å². The molecule has 2 aromatic rings. The number of amides is 2. The van der Waals surface area contributed by atoms with Crippen LogP contribution < -0.4 is 10.6 Å². The third-order valence-electron chi connectivity index (χ3n) is 5.25. The Hall–Kier alpha value is -2.35. The summed E-state index contributed by atoms with van der Waals surface area (Å²) in [5, 5.41) is 16.8. The lowest BCUT2D eigenvalue weighted by Crippen LogP contribution is -2.49. The SMILES string of the molecule is CSc1ccccc1NC(=O)C(=O)NCC(O)(c1ccccc1)C1CCOCC1. The zero-order valence-corrected chi connectivity index (χ0v) is 17.2. The highest BCUT2D eigenvalue weighted by atomic mass is 32.2. The van der Waals surface area contributed by atoms with Crippen LogP contribution in [0.1, 0.15) is 18.4 Å². The molecule has 1 heterocycles. The molecule has 1 fully saturated rings. The summed E-state index contributed by atoms with van der Waals surface area (Å²) >= 11 is 1.48. The fourth-order valence-electron chi connectivity index (χ4n) is 3.61. The first-order valence-electron chi connectivity index (χ1n) is 9.62. The van der Waals surface area contributed by atoms with Gasteiger partial charge in [0.25, 0.3) is 0 Å². The minimum absolute atomic E-state index is 0.0435. The predicted octanol–water partition coefficient (Wildman–Crippen LogP) is 2.78. The van der Waals surface area contributed by atoms with Gasteiger partial charge in [0.1, 0.15) is 5.60 Å². The van der Waals surface area contributed by atoms with Gasteiger partial charge in [-0.15, -0.1) is 11.8 Å². The molecule has 0 bridgehead atoms. The van der Waals surface area contributed by atoms with E-state index in [-0.39, 0.29) is 12.5 Å². The minimum Gasteiger partial charge on any atom is -0.383 e. The van der Waals surface area contributed by atoms with Crippen molar-refractivity contribution in [2.24, 2.45) is 5.92 Å².